The highest BCUT2D eigenvalue weighted by Gasteiger charge is 2.39. The standard InChI is InChI=1S/C30H59N/c1-6-10-26(20-23-30(24(3)4)21-9-22-30)12-8-13-27-15-17-28(18-16-27)25(5)14-19-29(31)11-7-2/h24-29H,6-23,31H2,1-5H3. The minimum absolute atomic E-state index is 0.444. The highest BCUT2D eigenvalue weighted by atomic mass is 14.6. The fourth-order valence-corrected chi connectivity index (χ4v) is 7.05. The van der Waals surface area contributed by atoms with Crippen molar-refractivity contribution in [2.75, 3.05) is 0 Å². The second kappa shape index (κ2) is 14.3. The number of hydrogen-bond donors (Lipinski definition) is 1. The molecule has 0 radical (unpaired) electrons. The molecule has 0 bridgehead atoms. The van der Waals surface area contributed by atoms with Crippen LogP contribution in [0.2, 0.25) is 0 Å². The van der Waals surface area contributed by atoms with Gasteiger partial charge in [-0.2, -0.15) is 0 Å². The minimum atomic E-state index is 0.444. The van der Waals surface area contributed by atoms with E-state index in [9.17, 15) is 0 Å². The summed E-state index contributed by atoms with van der Waals surface area (Å²) in [6.07, 6.45) is 25.9. The van der Waals surface area contributed by atoms with Crippen molar-refractivity contribution in [1.82, 2.24) is 0 Å². The summed E-state index contributed by atoms with van der Waals surface area (Å²) in [6.45, 7) is 12.1. The summed E-state index contributed by atoms with van der Waals surface area (Å²) in [5.74, 6) is 4.79. The molecule has 3 atom stereocenters. The molecule has 1 nitrogen and oxygen atoms in total. The van der Waals surface area contributed by atoms with Crippen molar-refractivity contribution in [3.63, 3.8) is 0 Å². The smallest absolute Gasteiger partial charge is 0.00388 e. The molecule has 1 heteroatoms. The van der Waals surface area contributed by atoms with Gasteiger partial charge in [0.05, 0.1) is 0 Å². The minimum Gasteiger partial charge on any atom is -0.328 e. The number of nitrogens with two attached hydrogens (primary N) is 1. The topological polar surface area (TPSA) is 26.0 Å². The predicted octanol–water partition coefficient (Wildman–Crippen LogP) is 9.53. The summed E-state index contributed by atoms with van der Waals surface area (Å²) in [7, 11) is 0. The zero-order valence-corrected chi connectivity index (χ0v) is 22.3. The van der Waals surface area contributed by atoms with Crippen LogP contribution in [0.4, 0.5) is 0 Å². The molecule has 31 heavy (non-hydrogen) atoms. The monoisotopic (exact) mass is 433 g/mol. The molecule has 0 spiro atoms. The summed E-state index contributed by atoms with van der Waals surface area (Å²) in [5.41, 5.74) is 6.98. The van der Waals surface area contributed by atoms with Crippen LogP contribution in [-0.4, -0.2) is 6.04 Å². The Morgan fingerprint density at radius 2 is 1.48 bits per heavy atom. The van der Waals surface area contributed by atoms with E-state index < -0.39 is 0 Å². The maximum atomic E-state index is 6.26. The van der Waals surface area contributed by atoms with Crippen LogP contribution < -0.4 is 5.73 Å². The van der Waals surface area contributed by atoms with E-state index >= 15 is 0 Å². The summed E-state index contributed by atoms with van der Waals surface area (Å²) >= 11 is 0. The van der Waals surface area contributed by atoms with Gasteiger partial charge in [0, 0.05) is 6.04 Å². The largest absolute Gasteiger partial charge is 0.328 e. The first-order valence-corrected chi connectivity index (χ1v) is 14.7. The first-order valence-electron chi connectivity index (χ1n) is 14.7. The van der Waals surface area contributed by atoms with Gasteiger partial charge in [0.2, 0.25) is 0 Å². The van der Waals surface area contributed by atoms with Crippen molar-refractivity contribution in [2.24, 2.45) is 40.7 Å². The Labute approximate surface area is 197 Å². The van der Waals surface area contributed by atoms with Crippen LogP contribution in [0.3, 0.4) is 0 Å². The molecule has 184 valence electrons. The number of rotatable bonds is 16. The van der Waals surface area contributed by atoms with Crippen molar-refractivity contribution in [1.29, 1.82) is 0 Å². The lowest BCUT2D eigenvalue weighted by Crippen LogP contribution is -2.35. The van der Waals surface area contributed by atoms with Gasteiger partial charge in [-0.1, -0.05) is 92.4 Å². The Bertz CT molecular complexity index is 443. The van der Waals surface area contributed by atoms with E-state index in [1.165, 1.54) is 116 Å². The molecular weight excluding hydrogens is 374 g/mol. The van der Waals surface area contributed by atoms with Crippen LogP contribution in [-0.2, 0) is 0 Å². The molecule has 0 saturated heterocycles. The van der Waals surface area contributed by atoms with Crippen LogP contribution in [0.15, 0.2) is 0 Å². The van der Waals surface area contributed by atoms with Gasteiger partial charge in [-0.05, 0) is 92.8 Å². The zero-order valence-electron chi connectivity index (χ0n) is 22.3. The molecule has 3 unspecified atom stereocenters. The van der Waals surface area contributed by atoms with E-state index in [4.69, 9.17) is 5.73 Å². The average Bonchev–Trinajstić information content (AvgIpc) is 2.71. The van der Waals surface area contributed by atoms with Gasteiger partial charge in [-0.15, -0.1) is 0 Å². The Hall–Kier alpha value is -0.0400. The lowest BCUT2D eigenvalue weighted by Gasteiger charge is -2.46. The first-order chi connectivity index (χ1) is 14.9. The maximum absolute atomic E-state index is 6.26. The van der Waals surface area contributed by atoms with Gasteiger partial charge >= 0.3 is 0 Å². The summed E-state index contributed by atoms with van der Waals surface area (Å²) in [4.78, 5) is 0. The SMILES string of the molecule is CCCC(N)CCC(C)C1CCC(CCCC(CCC)CCC2(C(C)C)CCC2)CC1. The molecule has 2 aliphatic carbocycles. The van der Waals surface area contributed by atoms with Gasteiger partial charge < -0.3 is 5.73 Å². The maximum Gasteiger partial charge on any atom is 0.00388 e. The third kappa shape index (κ3) is 9.02. The lowest BCUT2D eigenvalue weighted by atomic mass is 9.59. The Morgan fingerprint density at radius 1 is 0.806 bits per heavy atom. The van der Waals surface area contributed by atoms with Crippen LogP contribution in [0.25, 0.3) is 0 Å². The zero-order chi connectivity index (χ0) is 22.7. The molecule has 2 rings (SSSR count). The van der Waals surface area contributed by atoms with E-state index in [0.29, 0.717) is 6.04 Å². The molecule has 2 aliphatic rings. The number of hydrogen-bond acceptors (Lipinski definition) is 1. The van der Waals surface area contributed by atoms with Crippen LogP contribution >= 0.6 is 0 Å². The highest BCUT2D eigenvalue weighted by Crippen LogP contribution is 2.51. The summed E-state index contributed by atoms with van der Waals surface area (Å²) in [5, 5.41) is 0. The molecular formula is C30H59N. The second-order valence-electron chi connectivity index (χ2n) is 12.4. The van der Waals surface area contributed by atoms with Crippen molar-refractivity contribution in [2.45, 2.75) is 156 Å². The average molecular weight is 434 g/mol. The van der Waals surface area contributed by atoms with Crippen LogP contribution in [0, 0.1) is 35.0 Å². The lowest BCUT2D eigenvalue weighted by molar-refractivity contribution is 0.0477. The van der Waals surface area contributed by atoms with Crippen LogP contribution in [0.5, 0.6) is 0 Å². The third-order valence-corrected chi connectivity index (χ3v) is 9.89. The summed E-state index contributed by atoms with van der Waals surface area (Å²) in [6, 6.07) is 0.444. The van der Waals surface area contributed by atoms with E-state index in [-0.39, 0.29) is 0 Å². The van der Waals surface area contributed by atoms with Gasteiger partial charge in [0.15, 0.2) is 0 Å². The molecule has 0 aromatic rings. The molecule has 2 N–H and O–H groups in total. The van der Waals surface area contributed by atoms with E-state index in [2.05, 4.69) is 34.6 Å². The van der Waals surface area contributed by atoms with Gasteiger partial charge in [-0.3, -0.25) is 0 Å². The van der Waals surface area contributed by atoms with Crippen molar-refractivity contribution in [3.05, 3.63) is 0 Å². The van der Waals surface area contributed by atoms with Crippen LogP contribution in [0.1, 0.15) is 150 Å². The van der Waals surface area contributed by atoms with Crippen molar-refractivity contribution < 1.29 is 0 Å². The third-order valence-electron chi connectivity index (χ3n) is 9.89. The second-order valence-corrected chi connectivity index (χ2v) is 12.4. The molecule has 0 aromatic heterocycles. The molecule has 0 amide bonds. The van der Waals surface area contributed by atoms with E-state index in [0.717, 1.165) is 35.0 Å². The fraction of sp³-hybridized carbons (Fsp3) is 1.00. The molecule has 2 saturated carbocycles. The summed E-state index contributed by atoms with van der Waals surface area (Å²) < 4.78 is 0. The van der Waals surface area contributed by atoms with Gasteiger partial charge in [-0.25, -0.2) is 0 Å². The van der Waals surface area contributed by atoms with Gasteiger partial charge in [0.1, 0.15) is 0 Å². The van der Waals surface area contributed by atoms with Crippen molar-refractivity contribution >= 4 is 0 Å². The van der Waals surface area contributed by atoms with Crippen molar-refractivity contribution in [3.8, 4) is 0 Å². The Morgan fingerprint density at radius 3 is 2.03 bits per heavy atom. The first kappa shape index (κ1) is 27.2. The molecule has 0 aromatic carbocycles. The molecule has 2 fully saturated rings. The normalized spacial score (nSPS) is 26.4. The fourth-order valence-electron chi connectivity index (χ4n) is 7.05. The van der Waals surface area contributed by atoms with E-state index in [1.807, 2.05) is 0 Å². The molecule has 0 aliphatic heterocycles. The van der Waals surface area contributed by atoms with Gasteiger partial charge in [0.25, 0.3) is 0 Å². The predicted molar refractivity (Wildman–Crippen MR) is 139 cm³/mol. The Balaban J connectivity index is 1.62. The molecule has 0 heterocycles. The highest BCUT2D eigenvalue weighted by molar-refractivity contribution is 4.90. The Kier molecular flexibility index (Phi) is 12.5. The quantitative estimate of drug-likeness (QED) is 0.257. The van der Waals surface area contributed by atoms with E-state index in [1.54, 1.807) is 0 Å².